The van der Waals surface area contributed by atoms with Gasteiger partial charge in [0.25, 0.3) is 0 Å². The number of rotatable bonds is 22. The second-order valence-electron chi connectivity index (χ2n) is 34.6. The third-order valence-corrected chi connectivity index (χ3v) is 24.6. The average Bonchev–Trinajstić information content (AvgIpc) is 1.57. The standard InChI is InChI=1S/C93H121FN16O19S/c1-11-12-24-74-92(128)110-40-19-26-73(110)87(123)102-68(47-78(115)116)85(121)105-79(53(4)5)93(129)108(10)80(54(6)7)88(124)103-70(44-58-31-37-62(112)38-32-58)90(126)109-39-18-25-72(109)86(122)101-67(46-59-48-96-64-23-17-16-22-63(59)64)84(120)100-66(42-57-29-35-61(111)36-30-57)83(119)99-65(41-52(2)3)82(118)104-71(81(117)97-49-76(95)113)50-130-51-77(114)98-69(43-56-27-33-60(94)34-28-56)89(125)107(9)75(91(127)106(74)8)45-55-20-14-13-15-21-55/h13-17,20-23,27-38,48,52-54,65-75,79-80,96,111-112H,11-12,18-19,24-26,39-47,49-51H2,1-10H3,(H2,95,113)(H,97,117)(H,98,114)(H,99,119)(H,100,120)(H,101,122)(H,102,123)(H,103,124)(H,104,118)(H,105,121)(H,115,116)/t65-,66-,67-,68-,69-,70-,71-,72+,73+,74-,75-,79-,80-/m0/s1. The third kappa shape index (κ3) is 27.8. The quantitative estimate of drug-likeness (QED) is 0.0464. The summed E-state index contributed by atoms with van der Waals surface area (Å²) >= 11 is 0.793. The number of hydrogen-bond donors (Lipinski definition) is 14. The summed E-state index contributed by atoms with van der Waals surface area (Å²) in [5, 5.41) is 56.0. The molecular formula is C93H121FN16O19S. The van der Waals surface area contributed by atoms with Gasteiger partial charge in [-0.1, -0.05) is 146 Å². The number of phenols is 2. The number of carboxylic acid groups (broad SMARTS) is 1. The molecule has 15 amide bonds. The van der Waals surface area contributed by atoms with Crippen LogP contribution in [0.5, 0.6) is 11.5 Å². The number of nitrogens with one attached hydrogen (secondary N) is 10. The van der Waals surface area contributed by atoms with Crippen LogP contribution in [0.3, 0.4) is 0 Å². The highest BCUT2D eigenvalue weighted by Gasteiger charge is 2.47. The van der Waals surface area contributed by atoms with Crippen LogP contribution in [0.15, 0.2) is 134 Å². The van der Waals surface area contributed by atoms with E-state index in [0.717, 1.165) is 33.7 Å². The molecular weight excluding hydrogens is 1700 g/mol. The lowest BCUT2D eigenvalue weighted by Crippen LogP contribution is -2.62. The van der Waals surface area contributed by atoms with Crippen molar-refractivity contribution in [1.82, 2.24) is 77.3 Å². The van der Waals surface area contributed by atoms with Crippen LogP contribution < -0.4 is 53.6 Å². The van der Waals surface area contributed by atoms with E-state index >= 15 is 47.9 Å². The van der Waals surface area contributed by atoms with Crippen molar-refractivity contribution >= 4 is 117 Å². The minimum absolute atomic E-state index is 0.0128. The number of aliphatic carboxylic acids is 1. The Morgan fingerprint density at radius 2 is 1.00 bits per heavy atom. The van der Waals surface area contributed by atoms with E-state index in [1.54, 1.807) is 102 Å². The second-order valence-corrected chi connectivity index (χ2v) is 35.6. The van der Waals surface area contributed by atoms with Gasteiger partial charge < -0.3 is 98.4 Å². The first kappa shape index (κ1) is 101. The van der Waals surface area contributed by atoms with Crippen molar-refractivity contribution in [3.63, 3.8) is 0 Å². The molecule has 5 aromatic carbocycles. The Balaban J connectivity index is 1.12. The Kier molecular flexibility index (Phi) is 36.7. The maximum absolute atomic E-state index is 15.7. The number of aromatic hydroxyl groups is 2. The number of nitrogens with two attached hydrogens (primary N) is 1. The molecule has 6 aromatic rings. The first-order valence-electron chi connectivity index (χ1n) is 43.9. The Labute approximate surface area is 758 Å². The topological polar surface area (TPSA) is 500 Å². The molecule has 37 heteroatoms. The first-order valence-corrected chi connectivity index (χ1v) is 45.0. The molecule has 0 radical (unpaired) electrons. The molecule has 0 unspecified atom stereocenters. The number of hydrogen-bond acceptors (Lipinski definition) is 19. The molecule has 0 spiro atoms. The summed E-state index contributed by atoms with van der Waals surface area (Å²) in [7, 11) is 4.01. The smallest absolute Gasteiger partial charge is 0.305 e. The van der Waals surface area contributed by atoms with Crippen LogP contribution in [0.4, 0.5) is 4.39 Å². The van der Waals surface area contributed by atoms with E-state index in [2.05, 4.69) is 52.8 Å². The molecule has 13 atom stereocenters. The molecule has 4 heterocycles. The molecule has 1 aromatic heterocycles. The number of carboxylic acids is 1. The van der Waals surface area contributed by atoms with Crippen LogP contribution in [-0.2, 0) is 109 Å². The molecule has 35 nitrogen and oxygen atoms in total. The Hall–Kier alpha value is -13.0. The van der Waals surface area contributed by atoms with Crippen LogP contribution in [0.25, 0.3) is 10.9 Å². The molecule has 0 saturated carbocycles. The number of carbonyl (C=O) groups is 16. The fourth-order valence-electron chi connectivity index (χ4n) is 16.6. The average molecular weight is 1820 g/mol. The van der Waals surface area contributed by atoms with Gasteiger partial charge in [-0.05, 0) is 127 Å². The van der Waals surface area contributed by atoms with Crippen molar-refractivity contribution in [2.24, 2.45) is 23.5 Å². The number of phenolic OH excluding ortho intramolecular Hbond substituents is 2. The molecule has 3 fully saturated rings. The highest BCUT2D eigenvalue weighted by atomic mass is 32.2. The molecule has 0 bridgehead atoms. The van der Waals surface area contributed by atoms with Gasteiger partial charge in [0.15, 0.2) is 0 Å². The molecule has 3 aliphatic heterocycles. The van der Waals surface area contributed by atoms with Crippen LogP contribution in [-0.4, -0.2) is 270 Å². The Morgan fingerprint density at radius 1 is 0.508 bits per heavy atom. The van der Waals surface area contributed by atoms with E-state index in [9.17, 15) is 48.5 Å². The molecule has 3 saturated heterocycles. The number of H-pyrrole nitrogens is 1. The van der Waals surface area contributed by atoms with E-state index in [1.165, 1.54) is 96.5 Å². The minimum Gasteiger partial charge on any atom is -0.508 e. The number of primary amides is 1. The molecule has 700 valence electrons. The molecule has 3 aliphatic rings. The lowest BCUT2D eigenvalue weighted by Gasteiger charge is -2.38. The normalized spacial score (nSPS) is 23.9. The van der Waals surface area contributed by atoms with Crippen LogP contribution in [0.2, 0.25) is 0 Å². The van der Waals surface area contributed by atoms with Gasteiger partial charge in [0.1, 0.15) is 95.9 Å². The van der Waals surface area contributed by atoms with Gasteiger partial charge in [0.05, 0.1) is 18.7 Å². The number of aromatic nitrogens is 1. The number of para-hydroxylation sites is 1. The van der Waals surface area contributed by atoms with E-state index < -0.39 is 215 Å². The zero-order chi connectivity index (χ0) is 94.9. The Bertz CT molecular complexity index is 5020. The highest BCUT2D eigenvalue weighted by Crippen LogP contribution is 2.29. The van der Waals surface area contributed by atoms with Crippen LogP contribution >= 0.6 is 11.8 Å². The van der Waals surface area contributed by atoms with Crippen molar-refractivity contribution in [1.29, 1.82) is 0 Å². The van der Waals surface area contributed by atoms with Crippen molar-refractivity contribution in [3.05, 3.63) is 167 Å². The number of unbranched alkanes of at least 4 members (excludes halogenated alkanes) is 1. The molecule has 130 heavy (non-hydrogen) atoms. The summed E-state index contributed by atoms with van der Waals surface area (Å²) in [6.07, 6.45) is 0.710. The SMILES string of the molecule is CCCC[C@H]1C(=O)N2CCC[C@@H]2C(=O)N[C@@H](CC(=O)O)C(=O)N[C@@H](C(C)C)C(=O)N(C)[C@@H](C(C)C)C(=O)N[C@@H](Cc2ccc(O)cc2)C(=O)N2CCC[C@@H]2C(=O)N[C@@H](Cc2c[nH]c3ccccc23)C(=O)N[C@@H](Cc2ccc(O)cc2)C(=O)N[C@@H](CC(C)C)C(=O)N[C@H](C(=O)NCC(N)=O)CSCC(=O)N[C@@H](Cc2ccc(F)cc2)C(=O)N(C)[C@@H](Cc2ccccc2)C(=O)N1C. The summed E-state index contributed by atoms with van der Waals surface area (Å²) in [6, 6.07) is 12.6. The zero-order valence-electron chi connectivity index (χ0n) is 74.8. The summed E-state index contributed by atoms with van der Waals surface area (Å²) in [5.74, 6) is -18.6. The summed E-state index contributed by atoms with van der Waals surface area (Å²) in [5.41, 5.74) is 8.41. The van der Waals surface area contributed by atoms with E-state index in [-0.39, 0.29) is 101 Å². The highest BCUT2D eigenvalue weighted by molar-refractivity contribution is 8.00. The maximum atomic E-state index is 15.7. The fourth-order valence-corrected chi connectivity index (χ4v) is 17.4. The first-order chi connectivity index (χ1) is 61.8. The van der Waals surface area contributed by atoms with Crippen molar-refractivity contribution in [2.75, 3.05) is 52.3 Å². The van der Waals surface area contributed by atoms with Gasteiger partial charge in [0.2, 0.25) is 88.6 Å². The number of fused-ring (bicyclic) bond motifs is 3. The summed E-state index contributed by atoms with van der Waals surface area (Å²) < 4.78 is 14.6. The monoisotopic (exact) mass is 1820 g/mol. The lowest BCUT2D eigenvalue weighted by molar-refractivity contribution is -0.152. The van der Waals surface area contributed by atoms with Gasteiger partial charge in [0, 0.05) is 89.2 Å². The zero-order valence-corrected chi connectivity index (χ0v) is 75.7. The minimum atomic E-state index is -1.89. The largest absolute Gasteiger partial charge is 0.508 e. The number of benzene rings is 5. The van der Waals surface area contributed by atoms with Gasteiger partial charge in [-0.15, -0.1) is 11.8 Å². The number of amides is 15. The number of aromatic amines is 1. The van der Waals surface area contributed by atoms with Gasteiger partial charge in [-0.25, -0.2) is 4.39 Å². The van der Waals surface area contributed by atoms with Crippen molar-refractivity contribution < 1.29 is 96.4 Å². The molecule has 0 aliphatic carbocycles. The van der Waals surface area contributed by atoms with Gasteiger partial charge in [-0.3, -0.25) is 76.7 Å². The van der Waals surface area contributed by atoms with Crippen LogP contribution in [0, 0.1) is 23.6 Å². The number of nitrogens with zero attached hydrogens (tertiary/aromatic N) is 5. The second kappa shape index (κ2) is 47.4. The van der Waals surface area contributed by atoms with E-state index in [0.29, 0.717) is 51.6 Å². The third-order valence-electron chi connectivity index (χ3n) is 23.5. The summed E-state index contributed by atoms with van der Waals surface area (Å²) in [6.45, 7) is 11.0. The molecule has 15 N–H and O–H groups in total. The van der Waals surface area contributed by atoms with Gasteiger partial charge in [-0.2, -0.15) is 0 Å². The lowest BCUT2D eigenvalue weighted by atomic mass is 9.96. The van der Waals surface area contributed by atoms with Crippen molar-refractivity contribution in [3.8, 4) is 11.5 Å². The van der Waals surface area contributed by atoms with Crippen LogP contribution in [0.1, 0.15) is 134 Å². The number of halogens is 1. The van der Waals surface area contributed by atoms with Crippen molar-refractivity contribution in [2.45, 2.75) is 217 Å². The van der Waals surface area contributed by atoms with E-state index in [4.69, 9.17) is 5.73 Å². The van der Waals surface area contributed by atoms with Gasteiger partial charge >= 0.3 is 5.97 Å². The molecule has 9 rings (SSSR count). The predicted molar refractivity (Wildman–Crippen MR) is 481 cm³/mol. The number of thioether (sulfide) groups is 1. The summed E-state index contributed by atoms with van der Waals surface area (Å²) in [4.78, 5) is 246. The maximum Gasteiger partial charge on any atom is 0.305 e. The number of likely N-dealkylation sites (N-methyl/N-ethyl adjacent to an activating group) is 3. The fraction of sp³-hybridized carbons (Fsp3) is 0.484. The predicted octanol–water partition coefficient (Wildman–Crippen LogP) is 2.94. The number of carbonyl (C=O) groups excluding carboxylic acids is 15. The Morgan fingerprint density at radius 3 is 1.56 bits per heavy atom. The van der Waals surface area contributed by atoms with E-state index in [1.807, 2.05) is 6.92 Å².